The van der Waals surface area contributed by atoms with E-state index in [2.05, 4.69) is 5.32 Å². The minimum Gasteiger partial charge on any atom is -0.490 e. The largest absolute Gasteiger partial charge is 0.490 e. The fourth-order valence-corrected chi connectivity index (χ4v) is 3.09. The van der Waals surface area contributed by atoms with Crippen LogP contribution in [-0.2, 0) is 0 Å². The second-order valence-electron chi connectivity index (χ2n) is 6.01. The van der Waals surface area contributed by atoms with Crippen molar-refractivity contribution in [3.8, 4) is 11.5 Å². The monoisotopic (exact) mass is 291 g/mol. The number of nitrogens with one attached hydrogen (secondary N) is 1. The molecule has 3 rings (SSSR count). The van der Waals surface area contributed by atoms with Crippen LogP contribution in [0.3, 0.4) is 0 Å². The second kappa shape index (κ2) is 7.14. The van der Waals surface area contributed by atoms with E-state index in [1.165, 1.54) is 19.3 Å². The summed E-state index contributed by atoms with van der Waals surface area (Å²) in [5, 5.41) is 14.0. The summed E-state index contributed by atoms with van der Waals surface area (Å²) in [5.74, 6) is 1.55. The fourth-order valence-electron chi connectivity index (χ4n) is 3.09. The third-order valence-corrected chi connectivity index (χ3v) is 4.33. The Morgan fingerprint density at radius 1 is 1.10 bits per heavy atom. The Morgan fingerprint density at radius 3 is 2.86 bits per heavy atom. The molecule has 0 aliphatic carbocycles. The molecule has 2 heterocycles. The van der Waals surface area contributed by atoms with Gasteiger partial charge in [-0.05, 0) is 43.5 Å². The normalized spacial score (nSPS) is 24.0. The number of aliphatic hydroxyl groups excluding tert-OH is 1. The van der Waals surface area contributed by atoms with E-state index in [-0.39, 0.29) is 0 Å². The molecule has 2 aliphatic rings. The lowest BCUT2D eigenvalue weighted by molar-refractivity contribution is 0.150. The number of ether oxygens (including phenoxy) is 2. The summed E-state index contributed by atoms with van der Waals surface area (Å²) in [6.45, 7) is 2.44. The van der Waals surface area contributed by atoms with Gasteiger partial charge in [0.1, 0.15) is 0 Å². The predicted molar refractivity (Wildman–Crippen MR) is 81.9 cm³/mol. The van der Waals surface area contributed by atoms with E-state index in [4.69, 9.17) is 9.47 Å². The lowest BCUT2D eigenvalue weighted by Gasteiger charge is -2.20. The summed E-state index contributed by atoms with van der Waals surface area (Å²) < 4.78 is 11.3. The molecule has 2 aliphatic heterocycles. The first-order chi connectivity index (χ1) is 10.3. The Balaban J connectivity index is 1.66. The molecule has 0 bridgehead atoms. The highest BCUT2D eigenvalue weighted by Crippen LogP contribution is 2.33. The molecule has 1 saturated heterocycles. The van der Waals surface area contributed by atoms with Crippen molar-refractivity contribution in [2.24, 2.45) is 0 Å². The Bertz CT molecular complexity index is 455. The molecule has 21 heavy (non-hydrogen) atoms. The third kappa shape index (κ3) is 3.89. The number of hydrogen-bond acceptors (Lipinski definition) is 4. The van der Waals surface area contributed by atoms with Crippen molar-refractivity contribution in [1.82, 2.24) is 5.32 Å². The number of rotatable bonds is 3. The predicted octanol–water partition coefficient (Wildman–Crippen LogP) is 2.80. The van der Waals surface area contributed by atoms with Gasteiger partial charge in [0.05, 0.1) is 19.3 Å². The highest BCUT2D eigenvalue weighted by molar-refractivity contribution is 5.44. The van der Waals surface area contributed by atoms with Crippen LogP contribution in [0.5, 0.6) is 11.5 Å². The van der Waals surface area contributed by atoms with Crippen LogP contribution >= 0.6 is 0 Å². The zero-order valence-corrected chi connectivity index (χ0v) is 12.5. The summed E-state index contributed by atoms with van der Waals surface area (Å²) in [6, 6.07) is 6.22. The molecule has 0 saturated carbocycles. The quantitative estimate of drug-likeness (QED) is 0.899. The summed E-state index contributed by atoms with van der Waals surface area (Å²) in [5.41, 5.74) is 0.922. The van der Waals surface area contributed by atoms with Gasteiger partial charge in [-0.2, -0.15) is 0 Å². The lowest BCUT2D eigenvalue weighted by Crippen LogP contribution is -2.29. The molecule has 1 fully saturated rings. The molecule has 0 radical (unpaired) electrons. The highest BCUT2D eigenvalue weighted by atomic mass is 16.5. The maximum atomic E-state index is 10.5. The van der Waals surface area contributed by atoms with Crippen molar-refractivity contribution in [1.29, 1.82) is 0 Å². The molecular weight excluding hydrogens is 266 g/mol. The van der Waals surface area contributed by atoms with Crippen LogP contribution in [0.4, 0.5) is 0 Å². The number of benzene rings is 1. The van der Waals surface area contributed by atoms with E-state index in [0.29, 0.717) is 19.3 Å². The van der Waals surface area contributed by atoms with Crippen molar-refractivity contribution in [3.05, 3.63) is 23.8 Å². The first-order valence-electron chi connectivity index (χ1n) is 8.14. The Kier molecular flexibility index (Phi) is 4.99. The van der Waals surface area contributed by atoms with Gasteiger partial charge >= 0.3 is 0 Å². The van der Waals surface area contributed by atoms with E-state index in [9.17, 15) is 5.11 Å². The van der Waals surface area contributed by atoms with Crippen molar-refractivity contribution in [2.75, 3.05) is 19.8 Å². The highest BCUT2D eigenvalue weighted by Gasteiger charge is 2.19. The van der Waals surface area contributed by atoms with Gasteiger partial charge in [0.25, 0.3) is 0 Å². The number of fused-ring (bicyclic) bond motifs is 1. The zero-order valence-electron chi connectivity index (χ0n) is 12.5. The first-order valence-corrected chi connectivity index (χ1v) is 8.14. The molecular formula is C17H25NO3. The minimum atomic E-state index is -0.447. The van der Waals surface area contributed by atoms with Gasteiger partial charge in [-0.3, -0.25) is 0 Å². The molecule has 4 heteroatoms. The third-order valence-electron chi connectivity index (χ3n) is 4.33. The smallest absolute Gasteiger partial charge is 0.161 e. The van der Waals surface area contributed by atoms with E-state index in [1.54, 1.807) is 0 Å². The van der Waals surface area contributed by atoms with Crippen molar-refractivity contribution < 1.29 is 14.6 Å². The maximum absolute atomic E-state index is 10.5. The van der Waals surface area contributed by atoms with Crippen LogP contribution in [0.25, 0.3) is 0 Å². The Hall–Kier alpha value is -1.26. The van der Waals surface area contributed by atoms with Crippen molar-refractivity contribution in [2.45, 2.75) is 50.7 Å². The van der Waals surface area contributed by atoms with E-state index < -0.39 is 6.10 Å². The van der Waals surface area contributed by atoms with Crippen molar-refractivity contribution in [3.63, 3.8) is 0 Å². The molecule has 0 spiro atoms. The number of aliphatic hydroxyl groups is 1. The average molecular weight is 291 g/mol. The SMILES string of the molecule is OC(CC1CCCCCN1)c1ccc2c(c1)OCCCO2. The first kappa shape index (κ1) is 14.7. The Morgan fingerprint density at radius 2 is 1.95 bits per heavy atom. The van der Waals surface area contributed by atoms with Crippen LogP contribution in [0.2, 0.25) is 0 Å². The average Bonchev–Trinajstić information content (AvgIpc) is 2.88. The second-order valence-corrected chi connectivity index (χ2v) is 6.01. The van der Waals surface area contributed by atoms with E-state index in [0.717, 1.165) is 42.9 Å². The van der Waals surface area contributed by atoms with E-state index in [1.807, 2.05) is 18.2 Å². The molecule has 2 atom stereocenters. The molecule has 0 aromatic heterocycles. The molecule has 1 aromatic carbocycles. The van der Waals surface area contributed by atoms with Gasteiger partial charge in [-0.25, -0.2) is 0 Å². The molecule has 2 unspecified atom stereocenters. The van der Waals surface area contributed by atoms with Crippen LogP contribution in [0.1, 0.15) is 50.2 Å². The van der Waals surface area contributed by atoms with Crippen molar-refractivity contribution >= 4 is 0 Å². The fraction of sp³-hybridized carbons (Fsp3) is 0.647. The van der Waals surface area contributed by atoms with Crippen LogP contribution < -0.4 is 14.8 Å². The molecule has 2 N–H and O–H groups in total. The molecule has 0 amide bonds. The van der Waals surface area contributed by atoms with E-state index >= 15 is 0 Å². The van der Waals surface area contributed by atoms with Crippen LogP contribution in [0.15, 0.2) is 18.2 Å². The maximum Gasteiger partial charge on any atom is 0.161 e. The van der Waals surface area contributed by atoms with Gasteiger partial charge in [0.15, 0.2) is 11.5 Å². The number of hydrogen-bond donors (Lipinski definition) is 2. The summed E-state index contributed by atoms with van der Waals surface area (Å²) in [7, 11) is 0. The lowest BCUT2D eigenvalue weighted by atomic mass is 9.99. The van der Waals surface area contributed by atoms with Crippen LogP contribution in [0, 0.1) is 0 Å². The standard InChI is InChI=1S/C17H25NO3/c19-15(12-14-5-2-1-3-8-18-14)13-6-7-16-17(11-13)21-10-4-9-20-16/h6-7,11,14-15,18-19H,1-5,8-10,12H2. The zero-order chi connectivity index (χ0) is 14.5. The van der Waals surface area contributed by atoms with Gasteiger partial charge in [-0.15, -0.1) is 0 Å². The topological polar surface area (TPSA) is 50.7 Å². The molecule has 4 nitrogen and oxygen atoms in total. The molecule has 1 aromatic rings. The minimum absolute atomic E-state index is 0.415. The van der Waals surface area contributed by atoms with Gasteiger partial charge < -0.3 is 19.9 Å². The van der Waals surface area contributed by atoms with Gasteiger partial charge in [0, 0.05) is 12.5 Å². The van der Waals surface area contributed by atoms with Gasteiger partial charge in [0.2, 0.25) is 0 Å². The summed E-state index contributed by atoms with van der Waals surface area (Å²) in [6.07, 6.45) is 6.17. The Labute approximate surface area is 126 Å². The van der Waals surface area contributed by atoms with Gasteiger partial charge in [-0.1, -0.05) is 18.9 Å². The van der Waals surface area contributed by atoms with Crippen LogP contribution in [-0.4, -0.2) is 30.9 Å². The summed E-state index contributed by atoms with van der Waals surface area (Å²) >= 11 is 0. The summed E-state index contributed by atoms with van der Waals surface area (Å²) in [4.78, 5) is 0. The molecule has 116 valence electrons.